The van der Waals surface area contributed by atoms with Crippen molar-refractivity contribution < 1.29 is 33.6 Å². The van der Waals surface area contributed by atoms with Crippen LogP contribution in [0, 0.1) is 11.8 Å². The number of methoxy groups -OCH3 is 1. The molecule has 160 valence electrons. The van der Waals surface area contributed by atoms with Gasteiger partial charge in [0.25, 0.3) is 0 Å². The molecule has 1 saturated heterocycles. The fourth-order valence-corrected chi connectivity index (χ4v) is 4.07. The van der Waals surface area contributed by atoms with E-state index in [4.69, 9.17) is 14.2 Å². The quantitative estimate of drug-likeness (QED) is 0.344. The molecular formula is C21H34O7. The Hall–Kier alpha value is -1.44. The number of hydrogen-bond acceptors (Lipinski definition) is 7. The molecule has 1 aliphatic carbocycles. The van der Waals surface area contributed by atoms with Crippen molar-refractivity contribution in [3.63, 3.8) is 0 Å². The zero-order valence-corrected chi connectivity index (χ0v) is 17.0. The lowest BCUT2D eigenvalue weighted by atomic mass is 9.91. The van der Waals surface area contributed by atoms with Crippen LogP contribution in [0.4, 0.5) is 0 Å². The van der Waals surface area contributed by atoms with Gasteiger partial charge in [-0.3, -0.25) is 9.59 Å². The van der Waals surface area contributed by atoms with Crippen molar-refractivity contribution >= 4 is 11.9 Å². The lowest BCUT2D eigenvalue weighted by Crippen LogP contribution is -2.33. The lowest BCUT2D eigenvalue weighted by Gasteiger charge is -2.29. The van der Waals surface area contributed by atoms with Crippen molar-refractivity contribution in [2.45, 2.75) is 76.8 Å². The van der Waals surface area contributed by atoms with E-state index in [1.807, 2.05) is 12.2 Å². The minimum atomic E-state index is -0.316. The normalized spacial score (nSPS) is 30.5. The minimum absolute atomic E-state index is 0.000604. The third kappa shape index (κ3) is 7.18. The molecule has 0 aromatic heterocycles. The maximum absolute atomic E-state index is 11.5. The highest BCUT2D eigenvalue weighted by atomic mass is 16.7. The van der Waals surface area contributed by atoms with Gasteiger partial charge in [0.15, 0.2) is 6.29 Å². The first-order valence-corrected chi connectivity index (χ1v) is 10.3. The van der Waals surface area contributed by atoms with Crippen molar-refractivity contribution in [3.05, 3.63) is 12.2 Å². The van der Waals surface area contributed by atoms with E-state index in [0.29, 0.717) is 25.9 Å². The number of esters is 2. The van der Waals surface area contributed by atoms with Crippen molar-refractivity contribution in [3.8, 4) is 0 Å². The fourth-order valence-electron chi connectivity index (χ4n) is 4.07. The Morgan fingerprint density at radius 3 is 2.64 bits per heavy atom. The zero-order valence-electron chi connectivity index (χ0n) is 17.0. The van der Waals surface area contributed by atoms with E-state index in [1.165, 1.54) is 14.0 Å². The fraction of sp³-hybridized carbons (Fsp3) is 0.810. The number of carbonyl (C=O) groups excluding carboxylic acids is 2. The van der Waals surface area contributed by atoms with Crippen LogP contribution in [-0.2, 0) is 28.5 Å². The Morgan fingerprint density at radius 2 is 2.00 bits per heavy atom. The Morgan fingerprint density at radius 1 is 1.18 bits per heavy atom. The average molecular weight is 398 g/mol. The van der Waals surface area contributed by atoms with Gasteiger partial charge in [0.05, 0.1) is 13.2 Å². The highest BCUT2D eigenvalue weighted by Crippen LogP contribution is 2.40. The first-order valence-electron chi connectivity index (χ1n) is 10.3. The average Bonchev–Trinajstić information content (AvgIpc) is 3.00. The van der Waals surface area contributed by atoms with Gasteiger partial charge in [0.2, 0.25) is 0 Å². The number of aliphatic hydroxyl groups excluding tert-OH is 1. The number of aliphatic hydroxyl groups is 1. The molecule has 0 bridgehead atoms. The Kier molecular flexibility index (Phi) is 9.95. The molecule has 0 spiro atoms. The molecule has 2 aliphatic rings. The van der Waals surface area contributed by atoms with Crippen LogP contribution in [0.1, 0.15) is 58.3 Å². The molecule has 1 saturated carbocycles. The van der Waals surface area contributed by atoms with E-state index < -0.39 is 0 Å². The molecule has 28 heavy (non-hydrogen) atoms. The predicted molar refractivity (Wildman–Crippen MR) is 102 cm³/mol. The molecule has 1 N–H and O–H groups in total. The second-order valence-corrected chi connectivity index (χ2v) is 7.54. The van der Waals surface area contributed by atoms with Gasteiger partial charge in [0.1, 0.15) is 6.10 Å². The lowest BCUT2D eigenvalue weighted by molar-refractivity contribution is -0.198. The van der Waals surface area contributed by atoms with E-state index in [-0.39, 0.29) is 48.9 Å². The van der Waals surface area contributed by atoms with Crippen LogP contribution in [-0.4, -0.2) is 55.9 Å². The van der Waals surface area contributed by atoms with Gasteiger partial charge >= 0.3 is 11.9 Å². The second-order valence-electron chi connectivity index (χ2n) is 7.54. The van der Waals surface area contributed by atoms with E-state index >= 15 is 0 Å². The Bertz CT molecular complexity index is 513. The molecule has 0 radical (unpaired) electrons. The number of allylic oxidation sites excluding steroid dienone is 2. The molecule has 7 heteroatoms. The highest BCUT2D eigenvalue weighted by molar-refractivity contribution is 5.69. The summed E-state index contributed by atoms with van der Waals surface area (Å²) in [6, 6.07) is 0. The first kappa shape index (κ1) is 22.8. The first-order chi connectivity index (χ1) is 13.5. The van der Waals surface area contributed by atoms with Crippen LogP contribution in [0.15, 0.2) is 12.2 Å². The van der Waals surface area contributed by atoms with Crippen LogP contribution >= 0.6 is 0 Å². The minimum Gasteiger partial charge on any atom is -0.469 e. The Labute approximate surface area is 167 Å². The summed E-state index contributed by atoms with van der Waals surface area (Å²) in [5.41, 5.74) is 0. The molecule has 0 unspecified atom stereocenters. The van der Waals surface area contributed by atoms with E-state index in [0.717, 1.165) is 32.1 Å². The van der Waals surface area contributed by atoms with Crippen molar-refractivity contribution in [1.29, 1.82) is 0 Å². The van der Waals surface area contributed by atoms with Crippen LogP contribution in [0.5, 0.6) is 0 Å². The summed E-state index contributed by atoms with van der Waals surface area (Å²) in [5.74, 6) is -0.623. The molecular weight excluding hydrogens is 364 g/mol. The smallest absolute Gasteiger partial charge is 0.305 e. The summed E-state index contributed by atoms with van der Waals surface area (Å²) in [5, 5.41) is 9.98. The molecule has 0 aromatic rings. The maximum Gasteiger partial charge on any atom is 0.305 e. The van der Waals surface area contributed by atoms with Gasteiger partial charge in [0, 0.05) is 44.8 Å². The van der Waals surface area contributed by atoms with E-state index in [9.17, 15) is 14.7 Å². The highest BCUT2D eigenvalue weighted by Gasteiger charge is 2.45. The number of hydrogen-bond donors (Lipinski definition) is 1. The van der Waals surface area contributed by atoms with Gasteiger partial charge < -0.3 is 24.1 Å². The number of ether oxygens (including phenoxy) is 4. The van der Waals surface area contributed by atoms with Gasteiger partial charge in [-0.2, -0.15) is 0 Å². The zero-order chi connectivity index (χ0) is 20.4. The largest absolute Gasteiger partial charge is 0.469 e. The van der Waals surface area contributed by atoms with Gasteiger partial charge in [-0.25, -0.2) is 0 Å². The molecule has 2 rings (SSSR count). The monoisotopic (exact) mass is 398 g/mol. The van der Waals surface area contributed by atoms with E-state index in [1.54, 1.807) is 0 Å². The Balaban J connectivity index is 1.91. The van der Waals surface area contributed by atoms with Crippen LogP contribution in [0.3, 0.4) is 0 Å². The van der Waals surface area contributed by atoms with Crippen LogP contribution < -0.4 is 0 Å². The van der Waals surface area contributed by atoms with Gasteiger partial charge in [-0.1, -0.05) is 12.2 Å². The third-order valence-corrected chi connectivity index (χ3v) is 5.52. The summed E-state index contributed by atoms with van der Waals surface area (Å²) in [6.45, 7) is 2.09. The maximum atomic E-state index is 11.5. The van der Waals surface area contributed by atoms with Crippen molar-refractivity contribution in [1.82, 2.24) is 0 Å². The number of carbonyl (C=O) groups is 2. The summed E-state index contributed by atoms with van der Waals surface area (Å²) >= 11 is 0. The van der Waals surface area contributed by atoms with Gasteiger partial charge in [-0.05, 0) is 38.5 Å². The predicted octanol–water partition coefficient (Wildman–Crippen LogP) is 2.75. The molecule has 1 heterocycles. The molecule has 0 amide bonds. The van der Waals surface area contributed by atoms with Crippen LogP contribution in [0.25, 0.3) is 0 Å². The SMILES string of the molecule is COC(=O)CCC/C=C\C[C@@H]1[C@@H](CO)[C@H](O[C@@H]2CCCCO2)C[C@@H]1OC(C)=O. The molecule has 0 aromatic carbocycles. The van der Waals surface area contributed by atoms with Crippen molar-refractivity contribution in [2.24, 2.45) is 11.8 Å². The topological polar surface area (TPSA) is 91.3 Å². The number of rotatable bonds is 10. The standard InChI is InChI=1S/C21H34O7/c1-15(23)27-18-13-19(28-21-11-7-8-12-26-21)17(14-22)16(18)9-5-3-4-6-10-20(24)25-2/h3,5,16-19,21-22H,4,6-14H2,1-2H3/b5-3-/t16-,17-,18+,19-,21-/m1/s1. The molecule has 7 nitrogen and oxygen atoms in total. The van der Waals surface area contributed by atoms with Gasteiger partial charge in [-0.15, -0.1) is 0 Å². The molecule has 1 aliphatic heterocycles. The molecule has 2 fully saturated rings. The second kappa shape index (κ2) is 12.2. The summed E-state index contributed by atoms with van der Waals surface area (Å²) in [6.07, 6.45) is 9.53. The third-order valence-electron chi connectivity index (χ3n) is 5.52. The number of unbranched alkanes of at least 4 members (excludes halogenated alkanes) is 1. The van der Waals surface area contributed by atoms with Crippen molar-refractivity contribution in [2.75, 3.05) is 20.3 Å². The van der Waals surface area contributed by atoms with Crippen LogP contribution in [0.2, 0.25) is 0 Å². The summed E-state index contributed by atoms with van der Waals surface area (Å²) in [4.78, 5) is 22.7. The van der Waals surface area contributed by atoms with E-state index in [2.05, 4.69) is 4.74 Å². The summed E-state index contributed by atoms with van der Waals surface area (Å²) < 4.78 is 22.0. The molecule has 5 atom stereocenters. The summed E-state index contributed by atoms with van der Waals surface area (Å²) in [7, 11) is 1.39.